The van der Waals surface area contributed by atoms with Crippen molar-refractivity contribution >= 4 is 17.3 Å². The van der Waals surface area contributed by atoms with Crippen LogP contribution in [0.15, 0.2) is 18.2 Å². The molecule has 3 rings (SSSR count). The quantitative estimate of drug-likeness (QED) is 0.840. The number of benzene rings is 1. The number of carbonyl (C=O) groups is 1. The van der Waals surface area contributed by atoms with Crippen LogP contribution in [-0.2, 0) is 16.0 Å². The van der Waals surface area contributed by atoms with E-state index < -0.39 is 0 Å². The van der Waals surface area contributed by atoms with E-state index in [1.165, 1.54) is 11.3 Å². The van der Waals surface area contributed by atoms with Crippen LogP contribution in [0.4, 0.5) is 11.4 Å². The number of nitrogens with one attached hydrogen (secondary N) is 2. The molecule has 2 aliphatic heterocycles. The lowest BCUT2D eigenvalue weighted by Crippen LogP contribution is -2.27. The molecule has 0 saturated carbocycles. The van der Waals surface area contributed by atoms with Gasteiger partial charge in [0, 0.05) is 24.5 Å². The molecule has 1 atom stereocenters. The van der Waals surface area contributed by atoms with Gasteiger partial charge in [-0.05, 0) is 49.4 Å². The van der Waals surface area contributed by atoms with Crippen molar-refractivity contribution in [1.29, 1.82) is 0 Å². The number of hydrogen-bond donors (Lipinski definition) is 2. The van der Waals surface area contributed by atoms with Crippen molar-refractivity contribution in [3.05, 3.63) is 23.8 Å². The number of fused-ring (bicyclic) bond motifs is 1. The summed E-state index contributed by atoms with van der Waals surface area (Å²) in [6, 6.07) is 6.05. The van der Waals surface area contributed by atoms with Crippen LogP contribution in [0.2, 0.25) is 0 Å². The predicted octanol–water partition coefficient (Wildman–Crippen LogP) is 2.16. The first-order chi connectivity index (χ1) is 8.83. The maximum atomic E-state index is 11.9. The number of carbonyl (C=O) groups excluding carboxylic acids is 1. The van der Waals surface area contributed by atoms with Gasteiger partial charge >= 0.3 is 0 Å². The lowest BCUT2D eigenvalue weighted by molar-refractivity contribution is -0.124. The molecule has 18 heavy (non-hydrogen) atoms. The zero-order valence-corrected chi connectivity index (χ0v) is 10.4. The van der Waals surface area contributed by atoms with Crippen LogP contribution in [0.1, 0.15) is 24.8 Å². The molecule has 1 aromatic rings. The monoisotopic (exact) mass is 246 g/mol. The van der Waals surface area contributed by atoms with E-state index >= 15 is 0 Å². The number of aryl methyl sites for hydroxylation is 1. The highest BCUT2D eigenvalue weighted by Gasteiger charge is 2.23. The molecule has 0 unspecified atom stereocenters. The molecule has 4 nitrogen and oxygen atoms in total. The summed E-state index contributed by atoms with van der Waals surface area (Å²) in [5, 5.41) is 6.30. The average Bonchev–Trinajstić information content (AvgIpc) is 2.92. The van der Waals surface area contributed by atoms with Gasteiger partial charge in [-0.3, -0.25) is 4.79 Å². The summed E-state index contributed by atoms with van der Waals surface area (Å²) >= 11 is 0. The fourth-order valence-electron chi connectivity index (χ4n) is 2.56. The van der Waals surface area contributed by atoms with Gasteiger partial charge in [0.1, 0.15) is 6.10 Å². The van der Waals surface area contributed by atoms with Crippen LogP contribution in [0.5, 0.6) is 0 Å². The lowest BCUT2D eigenvalue weighted by atomic mass is 10.0. The second kappa shape index (κ2) is 4.98. The van der Waals surface area contributed by atoms with E-state index in [1.807, 2.05) is 12.1 Å². The molecule has 0 radical (unpaired) electrons. The fourth-order valence-corrected chi connectivity index (χ4v) is 2.56. The maximum Gasteiger partial charge on any atom is 0.253 e. The smallest absolute Gasteiger partial charge is 0.253 e. The first-order valence-corrected chi connectivity index (χ1v) is 6.62. The maximum absolute atomic E-state index is 11.9. The number of rotatable bonds is 2. The summed E-state index contributed by atoms with van der Waals surface area (Å²) in [4.78, 5) is 11.9. The number of amides is 1. The molecule has 96 valence electrons. The highest BCUT2D eigenvalue weighted by atomic mass is 16.5. The number of ether oxygens (including phenoxy) is 1. The Bertz CT molecular complexity index is 453. The van der Waals surface area contributed by atoms with Gasteiger partial charge in [-0.15, -0.1) is 0 Å². The molecule has 0 aromatic heterocycles. The van der Waals surface area contributed by atoms with Gasteiger partial charge in [0.15, 0.2) is 0 Å². The molecular formula is C14H18N2O2. The van der Waals surface area contributed by atoms with Crippen molar-refractivity contribution < 1.29 is 9.53 Å². The minimum atomic E-state index is -0.265. The Morgan fingerprint density at radius 2 is 2.33 bits per heavy atom. The first-order valence-electron chi connectivity index (χ1n) is 6.62. The van der Waals surface area contributed by atoms with Crippen LogP contribution in [0.3, 0.4) is 0 Å². The zero-order chi connectivity index (χ0) is 12.4. The Labute approximate surface area is 107 Å². The summed E-state index contributed by atoms with van der Waals surface area (Å²) in [5.74, 6) is -0.0174. The van der Waals surface area contributed by atoms with E-state index in [1.54, 1.807) is 0 Å². The van der Waals surface area contributed by atoms with E-state index in [9.17, 15) is 4.79 Å². The van der Waals surface area contributed by atoms with Gasteiger partial charge in [-0.1, -0.05) is 0 Å². The molecule has 4 heteroatoms. The lowest BCUT2D eigenvalue weighted by Gasteiger charge is -2.19. The fraction of sp³-hybridized carbons (Fsp3) is 0.500. The van der Waals surface area contributed by atoms with Gasteiger partial charge in [-0.25, -0.2) is 0 Å². The van der Waals surface area contributed by atoms with Crippen LogP contribution < -0.4 is 10.6 Å². The Morgan fingerprint density at radius 3 is 3.17 bits per heavy atom. The van der Waals surface area contributed by atoms with Gasteiger partial charge < -0.3 is 15.4 Å². The Kier molecular flexibility index (Phi) is 3.19. The van der Waals surface area contributed by atoms with Crippen molar-refractivity contribution in [2.45, 2.75) is 31.8 Å². The van der Waals surface area contributed by atoms with Crippen molar-refractivity contribution in [2.75, 3.05) is 23.8 Å². The third kappa shape index (κ3) is 2.34. The summed E-state index contributed by atoms with van der Waals surface area (Å²) in [7, 11) is 0. The molecule has 2 heterocycles. The molecule has 0 bridgehead atoms. The van der Waals surface area contributed by atoms with E-state index in [0.29, 0.717) is 6.61 Å². The van der Waals surface area contributed by atoms with E-state index in [4.69, 9.17) is 4.74 Å². The number of anilines is 2. The van der Waals surface area contributed by atoms with Crippen molar-refractivity contribution in [3.63, 3.8) is 0 Å². The molecule has 1 amide bonds. The van der Waals surface area contributed by atoms with Crippen molar-refractivity contribution in [1.82, 2.24) is 0 Å². The topological polar surface area (TPSA) is 50.4 Å². The van der Waals surface area contributed by atoms with Gasteiger partial charge in [0.25, 0.3) is 5.91 Å². The summed E-state index contributed by atoms with van der Waals surface area (Å²) < 4.78 is 5.38. The average molecular weight is 246 g/mol. The SMILES string of the molecule is O=C(Nc1ccc2c(c1)CCCN2)[C@@H]1CCCO1. The molecular weight excluding hydrogens is 228 g/mol. The predicted molar refractivity (Wildman–Crippen MR) is 70.9 cm³/mol. The molecule has 1 fully saturated rings. The first kappa shape index (κ1) is 11.5. The Hall–Kier alpha value is -1.55. The molecule has 1 aromatic carbocycles. The molecule has 2 N–H and O–H groups in total. The van der Waals surface area contributed by atoms with Crippen LogP contribution >= 0.6 is 0 Å². The normalized spacial score (nSPS) is 22.1. The molecule has 0 aliphatic carbocycles. The van der Waals surface area contributed by atoms with Gasteiger partial charge in [0.2, 0.25) is 0 Å². The van der Waals surface area contributed by atoms with Crippen LogP contribution in [-0.4, -0.2) is 25.2 Å². The van der Waals surface area contributed by atoms with Crippen molar-refractivity contribution in [2.24, 2.45) is 0 Å². The number of hydrogen-bond acceptors (Lipinski definition) is 3. The third-order valence-electron chi connectivity index (χ3n) is 3.53. The summed E-state index contributed by atoms with van der Waals surface area (Å²) in [6.45, 7) is 1.74. The second-order valence-corrected chi connectivity index (χ2v) is 4.89. The Morgan fingerprint density at radius 1 is 1.39 bits per heavy atom. The van der Waals surface area contributed by atoms with E-state index in [0.717, 1.165) is 37.9 Å². The van der Waals surface area contributed by atoms with Crippen LogP contribution in [0, 0.1) is 0 Å². The van der Waals surface area contributed by atoms with Gasteiger partial charge in [0.05, 0.1) is 0 Å². The highest BCUT2D eigenvalue weighted by molar-refractivity contribution is 5.94. The summed E-state index contributed by atoms with van der Waals surface area (Å²) in [6.07, 6.45) is 3.77. The molecule has 2 aliphatic rings. The minimum absolute atomic E-state index is 0.0174. The summed E-state index contributed by atoms with van der Waals surface area (Å²) in [5.41, 5.74) is 3.35. The zero-order valence-electron chi connectivity index (χ0n) is 10.4. The van der Waals surface area contributed by atoms with Gasteiger partial charge in [-0.2, -0.15) is 0 Å². The van der Waals surface area contributed by atoms with E-state index in [-0.39, 0.29) is 12.0 Å². The van der Waals surface area contributed by atoms with Crippen LogP contribution in [0.25, 0.3) is 0 Å². The largest absolute Gasteiger partial charge is 0.385 e. The molecule has 0 spiro atoms. The van der Waals surface area contributed by atoms with E-state index in [2.05, 4.69) is 16.7 Å². The minimum Gasteiger partial charge on any atom is -0.385 e. The second-order valence-electron chi connectivity index (χ2n) is 4.89. The third-order valence-corrected chi connectivity index (χ3v) is 3.53. The Balaban J connectivity index is 1.70. The standard InChI is InChI=1S/C14H18N2O2/c17-14(13-4-2-8-18-13)16-11-5-6-12-10(9-11)3-1-7-15-12/h5-6,9,13,15H,1-4,7-8H2,(H,16,17)/t13-/m0/s1. The molecule has 1 saturated heterocycles. The highest BCUT2D eigenvalue weighted by Crippen LogP contribution is 2.25. The van der Waals surface area contributed by atoms with Crippen molar-refractivity contribution in [3.8, 4) is 0 Å².